The maximum Gasteiger partial charge on any atom is 0.334 e. The molecule has 1 heterocycles. The molecule has 5 nitrogen and oxygen atoms in total. The summed E-state index contributed by atoms with van der Waals surface area (Å²) in [5, 5.41) is 9.68. The van der Waals surface area contributed by atoms with Crippen molar-refractivity contribution in [3.63, 3.8) is 0 Å². The number of ether oxygens (including phenoxy) is 1. The van der Waals surface area contributed by atoms with Crippen LogP contribution in [-0.4, -0.2) is 28.2 Å². The van der Waals surface area contributed by atoms with Crippen LogP contribution in [0.25, 0.3) is 0 Å². The van der Waals surface area contributed by atoms with Gasteiger partial charge in [0.05, 0.1) is 12.0 Å². The molecular formula is C14H10O5. The Morgan fingerprint density at radius 2 is 2.00 bits per heavy atom. The summed E-state index contributed by atoms with van der Waals surface area (Å²) < 4.78 is 5.10. The smallest absolute Gasteiger partial charge is 0.334 e. The van der Waals surface area contributed by atoms with Crippen molar-refractivity contribution in [2.75, 3.05) is 0 Å². The fourth-order valence-corrected chi connectivity index (χ4v) is 2.54. The summed E-state index contributed by atoms with van der Waals surface area (Å²) in [7, 11) is 0. The standard InChI is InChI=1S/C14H10O5/c1-7-5-14(19-13(7)18)6-10(16)11-8(12(14)17)3-2-4-9(11)15/h2-5,15H,6H2,1H3/t14-/m0/s1. The van der Waals surface area contributed by atoms with Gasteiger partial charge in [-0.05, 0) is 19.1 Å². The van der Waals surface area contributed by atoms with Crippen molar-refractivity contribution in [2.24, 2.45) is 0 Å². The van der Waals surface area contributed by atoms with Crippen LogP contribution in [0.2, 0.25) is 0 Å². The topological polar surface area (TPSA) is 80.7 Å². The normalized spacial score (nSPS) is 25.3. The second kappa shape index (κ2) is 3.54. The number of rotatable bonds is 0. The van der Waals surface area contributed by atoms with E-state index in [9.17, 15) is 19.5 Å². The zero-order valence-electron chi connectivity index (χ0n) is 10.1. The predicted molar refractivity (Wildman–Crippen MR) is 64.0 cm³/mol. The van der Waals surface area contributed by atoms with Gasteiger partial charge in [0.2, 0.25) is 11.4 Å². The van der Waals surface area contributed by atoms with E-state index >= 15 is 0 Å². The molecule has 0 fully saturated rings. The Labute approximate surface area is 108 Å². The first kappa shape index (κ1) is 11.6. The number of hydrogen-bond donors (Lipinski definition) is 1. The molecule has 0 amide bonds. The summed E-state index contributed by atoms with van der Waals surface area (Å²) in [5.41, 5.74) is -1.12. The van der Waals surface area contributed by atoms with Crippen LogP contribution in [0.15, 0.2) is 29.8 Å². The maximum absolute atomic E-state index is 12.4. The molecule has 3 rings (SSSR count). The van der Waals surface area contributed by atoms with E-state index in [1.54, 1.807) is 0 Å². The molecule has 0 radical (unpaired) electrons. The molecule has 1 aliphatic carbocycles. The van der Waals surface area contributed by atoms with Crippen LogP contribution < -0.4 is 0 Å². The number of benzene rings is 1. The van der Waals surface area contributed by atoms with Gasteiger partial charge in [0, 0.05) is 11.1 Å². The lowest BCUT2D eigenvalue weighted by atomic mass is 9.78. The second-order valence-corrected chi connectivity index (χ2v) is 4.74. The van der Waals surface area contributed by atoms with Gasteiger partial charge in [-0.3, -0.25) is 9.59 Å². The maximum atomic E-state index is 12.4. The fraction of sp³-hybridized carbons (Fsp3) is 0.214. The lowest BCUT2D eigenvalue weighted by Crippen LogP contribution is -2.44. The molecule has 2 aliphatic rings. The number of phenols is 1. The third kappa shape index (κ3) is 1.44. The van der Waals surface area contributed by atoms with Crippen molar-refractivity contribution < 1.29 is 24.2 Å². The van der Waals surface area contributed by atoms with Crippen molar-refractivity contribution in [1.29, 1.82) is 0 Å². The molecule has 0 bridgehead atoms. The predicted octanol–water partition coefficient (Wildman–Crippen LogP) is 1.40. The van der Waals surface area contributed by atoms with E-state index in [1.165, 1.54) is 31.2 Å². The van der Waals surface area contributed by atoms with Crippen molar-refractivity contribution in [1.82, 2.24) is 0 Å². The van der Waals surface area contributed by atoms with Gasteiger partial charge >= 0.3 is 5.97 Å². The van der Waals surface area contributed by atoms with Gasteiger partial charge in [-0.1, -0.05) is 12.1 Å². The molecule has 0 saturated carbocycles. The quantitative estimate of drug-likeness (QED) is 0.711. The van der Waals surface area contributed by atoms with E-state index in [-0.39, 0.29) is 23.3 Å². The Hall–Kier alpha value is -2.43. The molecule has 1 aliphatic heterocycles. The first-order chi connectivity index (χ1) is 8.94. The Morgan fingerprint density at radius 3 is 2.63 bits per heavy atom. The summed E-state index contributed by atoms with van der Waals surface area (Å²) in [6, 6.07) is 4.28. The lowest BCUT2D eigenvalue weighted by Gasteiger charge is -2.29. The van der Waals surface area contributed by atoms with E-state index in [4.69, 9.17) is 4.74 Å². The molecule has 1 aromatic rings. The number of hydrogen-bond acceptors (Lipinski definition) is 5. The summed E-state index contributed by atoms with van der Waals surface area (Å²) in [6.07, 6.45) is 1.13. The zero-order valence-corrected chi connectivity index (χ0v) is 10.1. The molecule has 1 spiro atoms. The minimum Gasteiger partial charge on any atom is -0.507 e. The molecule has 1 aromatic carbocycles. The molecule has 1 atom stereocenters. The molecular weight excluding hydrogens is 248 g/mol. The largest absolute Gasteiger partial charge is 0.507 e. The molecule has 5 heteroatoms. The summed E-state index contributed by atoms with van der Waals surface area (Å²) in [6.45, 7) is 1.53. The van der Waals surface area contributed by atoms with Gasteiger partial charge in [0.1, 0.15) is 5.75 Å². The average Bonchev–Trinajstić information content (AvgIpc) is 2.62. The van der Waals surface area contributed by atoms with Crippen molar-refractivity contribution in [3.05, 3.63) is 41.0 Å². The number of Topliss-reactive ketones (excluding diaryl/α,β-unsaturated/α-hetero) is 2. The highest BCUT2D eigenvalue weighted by Gasteiger charge is 2.51. The van der Waals surface area contributed by atoms with Crippen molar-refractivity contribution in [2.45, 2.75) is 18.9 Å². The number of esters is 1. The molecule has 0 unspecified atom stereocenters. The Kier molecular flexibility index (Phi) is 2.17. The van der Waals surface area contributed by atoms with Gasteiger partial charge in [-0.2, -0.15) is 0 Å². The molecule has 0 aromatic heterocycles. The molecule has 0 saturated heterocycles. The van der Waals surface area contributed by atoms with Gasteiger partial charge < -0.3 is 9.84 Å². The van der Waals surface area contributed by atoms with Gasteiger partial charge in [-0.25, -0.2) is 4.79 Å². The number of aromatic hydroxyl groups is 1. The first-order valence-corrected chi connectivity index (χ1v) is 5.77. The highest BCUT2D eigenvalue weighted by molar-refractivity contribution is 6.21. The van der Waals surface area contributed by atoms with Crippen LogP contribution in [-0.2, 0) is 9.53 Å². The van der Waals surface area contributed by atoms with Gasteiger partial charge in [0.15, 0.2) is 5.78 Å². The minimum atomic E-state index is -1.53. The third-order valence-corrected chi connectivity index (χ3v) is 3.42. The number of phenolic OH excluding ortho intramolecular Hbond substituents is 1. The van der Waals surface area contributed by atoms with Crippen LogP contribution in [0.1, 0.15) is 34.1 Å². The van der Waals surface area contributed by atoms with Gasteiger partial charge in [0.25, 0.3) is 0 Å². The fourth-order valence-electron chi connectivity index (χ4n) is 2.54. The first-order valence-electron chi connectivity index (χ1n) is 5.77. The van der Waals surface area contributed by atoms with E-state index in [0.29, 0.717) is 5.57 Å². The number of ketones is 2. The number of fused-ring (bicyclic) bond motifs is 1. The lowest BCUT2D eigenvalue weighted by molar-refractivity contribution is -0.143. The van der Waals surface area contributed by atoms with E-state index < -0.39 is 23.1 Å². The zero-order chi connectivity index (χ0) is 13.8. The Balaban J connectivity index is 2.20. The van der Waals surface area contributed by atoms with Crippen LogP contribution in [0.4, 0.5) is 0 Å². The Bertz CT molecular complexity index is 670. The summed E-state index contributed by atoms with van der Waals surface area (Å²) in [4.78, 5) is 36.0. The van der Waals surface area contributed by atoms with Crippen molar-refractivity contribution in [3.8, 4) is 5.75 Å². The number of carbonyl (C=O) groups excluding carboxylic acids is 3. The third-order valence-electron chi connectivity index (χ3n) is 3.42. The molecule has 1 N–H and O–H groups in total. The van der Waals surface area contributed by atoms with Crippen molar-refractivity contribution >= 4 is 17.5 Å². The summed E-state index contributed by atoms with van der Waals surface area (Å²) in [5.74, 6) is -1.70. The minimum absolute atomic E-state index is 0.00660. The molecule has 19 heavy (non-hydrogen) atoms. The van der Waals surface area contributed by atoms with Crippen LogP contribution >= 0.6 is 0 Å². The number of carbonyl (C=O) groups is 3. The van der Waals surface area contributed by atoms with Crippen LogP contribution in [0, 0.1) is 0 Å². The average molecular weight is 258 g/mol. The highest BCUT2D eigenvalue weighted by atomic mass is 16.6. The second-order valence-electron chi connectivity index (χ2n) is 4.74. The highest BCUT2D eigenvalue weighted by Crippen LogP contribution is 2.39. The van der Waals surface area contributed by atoms with Crippen LogP contribution in [0.5, 0.6) is 5.75 Å². The van der Waals surface area contributed by atoms with E-state index in [1.807, 2.05) is 0 Å². The monoisotopic (exact) mass is 258 g/mol. The van der Waals surface area contributed by atoms with Gasteiger partial charge in [-0.15, -0.1) is 0 Å². The Morgan fingerprint density at radius 1 is 1.26 bits per heavy atom. The summed E-state index contributed by atoms with van der Waals surface area (Å²) >= 11 is 0. The van der Waals surface area contributed by atoms with E-state index in [2.05, 4.69) is 0 Å². The van der Waals surface area contributed by atoms with E-state index in [0.717, 1.165) is 0 Å². The molecule has 96 valence electrons. The SMILES string of the molecule is CC1=C[C@@]2(CC(=O)c3c(O)cccc3C2=O)OC1=O. The van der Waals surface area contributed by atoms with Crippen LogP contribution in [0.3, 0.4) is 0 Å².